The molecule has 0 aliphatic carbocycles. The van der Waals surface area contributed by atoms with Gasteiger partial charge in [0.15, 0.2) is 0 Å². The van der Waals surface area contributed by atoms with Crippen LogP contribution >= 0.6 is 15.9 Å². The van der Waals surface area contributed by atoms with E-state index in [0.717, 1.165) is 16.8 Å². The summed E-state index contributed by atoms with van der Waals surface area (Å²) < 4.78 is 6.97. The summed E-state index contributed by atoms with van der Waals surface area (Å²) in [6, 6.07) is 14.4. The van der Waals surface area contributed by atoms with E-state index in [1.54, 1.807) is 0 Å². The first-order chi connectivity index (χ1) is 9.20. The molecule has 0 aliphatic rings. The Bertz CT molecular complexity index is 554. The monoisotopic (exact) mass is 319 g/mol. The van der Waals surface area contributed by atoms with Crippen molar-refractivity contribution in [2.75, 3.05) is 7.05 Å². The van der Waals surface area contributed by atoms with E-state index >= 15 is 0 Å². The van der Waals surface area contributed by atoms with Gasteiger partial charge in [-0.05, 0) is 48.9 Å². The van der Waals surface area contributed by atoms with Crippen LogP contribution in [0.4, 0.5) is 0 Å². The third kappa shape index (κ3) is 3.82. The maximum absolute atomic E-state index is 5.87. The van der Waals surface area contributed by atoms with E-state index in [1.165, 1.54) is 16.7 Å². The van der Waals surface area contributed by atoms with Crippen LogP contribution < -0.4 is 10.1 Å². The minimum atomic E-state index is 0.604. The fourth-order valence-electron chi connectivity index (χ4n) is 1.90. The number of hydrogen-bond acceptors (Lipinski definition) is 2. The highest BCUT2D eigenvalue weighted by atomic mass is 79.9. The van der Waals surface area contributed by atoms with Crippen LogP contribution in [-0.2, 0) is 13.2 Å². The van der Waals surface area contributed by atoms with Gasteiger partial charge in [0, 0.05) is 11.0 Å². The average molecular weight is 320 g/mol. The van der Waals surface area contributed by atoms with Gasteiger partial charge in [0.2, 0.25) is 0 Å². The van der Waals surface area contributed by atoms with Crippen molar-refractivity contribution in [2.45, 2.75) is 20.1 Å². The SMILES string of the molecule is CNCc1cc(OCc2ccccc2C)ccc1Br. The summed E-state index contributed by atoms with van der Waals surface area (Å²) in [5.41, 5.74) is 3.68. The Balaban J connectivity index is 2.07. The van der Waals surface area contributed by atoms with Crippen LogP contribution in [0.1, 0.15) is 16.7 Å². The van der Waals surface area contributed by atoms with Gasteiger partial charge in [0.25, 0.3) is 0 Å². The first-order valence-corrected chi connectivity index (χ1v) is 7.10. The van der Waals surface area contributed by atoms with Crippen LogP contribution in [0.5, 0.6) is 5.75 Å². The molecule has 0 unspecified atom stereocenters. The molecule has 3 heteroatoms. The van der Waals surface area contributed by atoms with Gasteiger partial charge in [-0.15, -0.1) is 0 Å². The molecule has 2 aromatic rings. The fraction of sp³-hybridized carbons (Fsp3) is 0.250. The molecule has 0 saturated carbocycles. The molecule has 0 bridgehead atoms. The Hall–Kier alpha value is -1.32. The minimum absolute atomic E-state index is 0.604. The minimum Gasteiger partial charge on any atom is -0.489 e. The van der Waals surface area contributed by atoms with Gasteiger partial charge in [-0.1, -0.05) is 40.2 Å². The lowest BCUT2D eigenvalue weighted by Gasteiger charge is -2.11. The lowest BCUT2D eigenvalue weighted by atomic mass is 10.1. The van der Waals surface area contributed by atoms with Gasteiger partial charge in [0.05, 0.1) is 0 Å². The summed E-state index contributed by atoms with van der Waals surface area (Å²) in [6.07, 6.45) is 0. The van der Waals surface area contributed by atoms with Gasteiger partial charge >= 0.3 is 0 Å². The van der Waals surface area contributed by atoms with Crippen LogP contribution in [-0.4, -0.2) is 7.05 Å². The number of benzene rings is 2. The summed E-state index contributed by atoms with van der Waals surface area (Å²) in [6.45, 7) is 3.53. The number of halogens is 1. The number of hydrogen-bond donors (Lipinski definition) is 1. The molecule has 100 valence electrons. The molecule has 0 atom stereocenters. The molecule has 0 radical (unpaired) electrons. The zero-order valence-electron chi connectivity index (χ0n) is 11.2. The van der Waals surface area contributed by atoms with Crippen molar-refractivity contribution in [1.29, 1.82) is 0 Å². The second-order valence-electron chi connectivity index (χ2n) is 4.50. The van der Waals surface area contributed by atoms with Crippen molar-refractivity contribution in [3.8, 4) is 5.75 Å². The van der Waals surface area contributed by atoms with Gasteiger partial charge in [-0.3, -0.25) is 0 Å². The smallest absolute Gasteiger partial charge is 0.120 e. The van der Waals surface area contributed by atoms with E-state index in [9.17, 15) is 0 Å². The van der Waals surface area contributed by atoms with Crippen LogP contribution in [0.3, 0.4) is 0 Å². The van der Waals surface area contributed by atoms with Crippen molar-refractivity contribution in [3.63, 3.8) is 0 Å². The Morgan fingerprint density at radius 1 is 1.11 bits per heavy atom. The Morgan fingerprint density at radius 2 is 1.89 bits per heavy atom. The topological polar surface area (TPSA) is 21.3 Å². The van der Waals surface area contributed by atoms with E-state index in [1.807, 2.05) is 31.3 Å². The summed E-state index contributed by atoms with van der Waals surface area (Å²) in [5.74, 6) is 0.900. The second-order valence-corrected chi connectivity index (χ2v) is 5.35. The van der Waals surface area contributed by atoms with Crippen LogP contribution in [0.15, 0.2) is 46.9 Å². The van der Waals surface area contributed by atoms with E-state index in [4.69, 9.17) is 4.74 Å². The zero-order valence-corrected chi connectivity index (χ0v) is 12.8. The summed E-state index contributed by atoms with van der Waals surface area (Å²) in [5, 5.41) is 3.15. The normalized spacial score (nSPS) is 10.5. The quantitative estimate of drug-likeness (QED) is 0.897. The van der Waals surface area contributed by atoms with Crippen molar-refractivity contribution in [2.24, 2.45) is 0 Å². The molecule has 0 fully saturated rings. The molecule has 0 heterocycles. The van der Waals surface area contributed by atoms with Gasteiger partial charge in [-0.2, -0.15) is 0 Å². The maximum Gasteiger partial charge on any atom is 0.120 e. The van der Waals surface area contributed by atoms with Crippen LogP contribution in [0, 0.1) is 6.92 Å². The molecule has 0 amide bonds. The van der Waals surface area contributed by atoms with Crippen molar-refractivity contribution in [3.05, 3.63) is 63.6 Å². The first kappa shape index (κ1) is 14.1. The summed E-state index contributed by atoms with van der Waals surface area (Å²) in [4.78, 5) is 0. The van der Waals surface area contributed by atoms with Gasteiger partial charge in [-0.25, -0.2) is 0 Å². The molecule has 0 aromatic heterocycles. The Morgan fingerprint density at radius 3 is 2.63 bits per heavy atom. The number of rotatable bonds is 5. The van der Waals surface area contributed by atoms with Crippen molar-refractivity contribution >= 4 is 15.9 Å². The molecule has 0 saturated heterocycles. The maximum atomic E-state index is 5.87. The summed E-state index contributed by atoms with van der Waals surface area (Å²) in [7, 11) is 1.94. The Kier molecular flexibility index (Phi) is 5.00. The third-order valence-corrected chi connectivity index (χ3v) is 3.81. The molecule has 19 heavy (non-hydrogen) atoms. The molecular weight excluding hydrogens is 302 g/mol. The molecule has 0 spiro atoms. The highest BCUT2D eigenvalue weighted by Gasteiger charge is 2.03. The van der Waals surface area contributed by atoms with E-state index in [0.29, 0.717) is 6.61 Å². The van der Waals surface area contributed by atoms with Crippen LogP contribution in [0.2, 0.25) is 0 Å². The average Bonchev–Trinajstić information content (AvgIpc) is 2.41. The predicted molar refractivity (Wildman–Crippen MR) is 82.4 cm³/mol. The first-order valence-electron chi connectivity index (χ1n) is 6.31. The molecule has 0 aliphatic heterocycles. The third-order valence-electron chi connectivity index (χ3n) is 3.04. The lowest BCUT2D eigenvalue weighted by molar-refractivity contribution is 0.305. The molecule has 2 nitrogen and oxygen atoms in total. The molecule has 2 aromatic carbocycles. The highest BCUT2D eigenvalue weighted by Crippen LogP contribution is 2.23. The van der Waals surface area contributed by atoms with Crippen molar-refractivity contribution < 1.29 is 4.74 Å². The van der Waals surface area contributed by atoms with Gasteiger partial charge < -0.3 is 10.1 Å². The number of ether oxygens (including phenoxy) is 1. The summed E-state index contributed by atoms with van der Waals surface area (Å²) >= 11 is 3.54. The highest BCUT2D eigenvalue weighted by molar-refractivity contribution is 9.10. The van der Waals surface area contributed by atoms with Crippen LogP contribution in [0.25, 0.3) is 0 Å². The zero-order chi connectivity index (χ0) is 13.7. The van der Waals surface area contributed by atoms with Gasteiger partial charge in [0.1, 0.15) is 12.4 Å². The fourth-order valence-corrected chi connectivity index (χ4v) is 2.29. The van der Waals surface area contributed by atoms with Crippen molar-refractivity contribution in [1.82, 2.24) is 5.32 Å². The standard InChI is InChI=1S/C16H18BrNO/c1-12-5-3-4-6-13(12)11-19-15-7-8-16(17)14(9-15)10-18-2/h3-9,18H,10-11H2,1-2H3. The second kappa shape index (κ2) is 6.73. The lowest BCUT2D eigenvalue weighted by Crippen LogP contribution is -2.06. The number of nitrogens with one attached hydrogen (secondary N) is 1. The van der Waals surface area contributed by atoms with E-state index in [-0.39, 0.29) is 0 Å². The largest absolute Gasteiger partial charge is 0.489 e. The van der Waals surface area contributed by atoms with E-state index in [2.05, 4.69) is 46.4 Å². The molecular formula is C16H18BrNO. The number of aryl methyl sites for hydroxylation is 1. The molecule has 2 rings (SSSR count). The predicted octanol–water partition coefficient (Wildman–Crippen LogP) is 4.06. The van der Waals surface area contributed by atoms with E-state index < -0.39 is 0 Å². The Labute approximate surface area is 122 Å². The molecule has 1 N–H and O–H groups in total.